The van der Waals surface area contributed by atoms with Crippen molar-refractivity contribution in [2.75, 3.05) is 26.7 Å². The third-order valence-electron chi connectivity index (χ3n) is 3.12. The molecule has 0 radical (unpaired) electrons. The summed E-state index contributed by atoms with van der Waals surface area (Å²) in [4.78, 5) is 13.0. The van der Waals surface area contributed by atoms with Crippen molar-refractivity contribution < 1.29 is 14.6 Å². The Morgan fingerprint density at radius 1 is 1.50 bits per heavy atom. The molecule has 0 saturated carbocycles. The van der Waals surface area contributed by atoms with Crippen LogP contribution in [0.15, 0.2) is 0 Å². The number of carbonyl (C=O) groups is 1. The van der Waals surface area contributed by atoms with Crippen LogP contribution in [0.3, 0.4) is 0 Å². The van der Waals surface area contributed by atoms with E-state index in [9.17, 15) is 4.79 Å². The Labute approximate surface area is 84.8 Å². The molecule has 0 aromatic carbocycles. The van der Waals surface area contributed by atoms with Crippen molar-refractivity contribution in [3.8, 4) is 0 Å². The van der Waals surface area contributed by atoms with Crippen LogP contribution in [0, 0.1) is 0 Å². The molecule has 0 aromatic heterocycles. The molecule has 0 atom stereocenters. The van der Waals surface area contributed by atoms with Crippen molar-refractivity contribution in [2.24, 2.45) is 0 Å². The number of carboxylic acids is 1. The second-order valence-corrected chi connectivity index (χ2v) is 3.89. The summed E-state index contributed by atoms with van der Waals surface area (Å²) in [5.41, 5.74) is -0.419. The molecule has 14 heavy (non-hydrogen) atoms. The first-order valence-corrected chi connectivity index (χ1v) is 5.11. The van der Waals surface area contributed by atoms with E-state index >= 15 is 0 Å². The van der Waals surface area contributed by atoms with Crippen LogP contribution in [0.2, 0.25) is 0 Å². The number of carboxylic acid groups (broad SMARTS) is 1. The number of ether oxygens (including phenoxy) is 1. The fourth-order valence-electron chi connectivity index (χ4n) is 2.01. The van der Waals surface area contributed by atoms with E-state index < -0.39 is 11.6 Å². The van der Waals surface area contributed by atoms with Crippen molar-refractivity contribution >= 4 is 5.97 Å². The summed E-state index contributed by atoms with van der Waals surface area (Å²) in [5.74, 6) is -0.767. The second-order valence-electron chi connectivity index (χ2n) is 3.89. The van der Waals surface area contributed by atoms with Gasteiger partial charge in [-0.2, -0.15) is 0 Å². The number of hydrogen-bond acceptors (Lipinski definition) is 3. The molecule has 0 amide bonds. The van der Waals surface area contributed by atoms with Gasteiger partial charge < -0.3 is 14.7 Å². The number of rotatable bonds is 4. The zero-order valence-corrected chi connectivity index (χ0v) is 8.95. The molecule has 1 heterocycles. The zero-order chi connectivity index (χ0) is 10.6. The van der Waals surface area contributed by atoms with Gasteiger partial charge in [-0.1, -0.05) is 6.92 Å². The number of aliphatic carboxylic acids is 1. The monoisotopic (exact) mass is 201 g/mol. The van der Waals surface area contributed by atoms with Gasteiger partial charge in [0.15, 0.2) is 0 Å². The molecular weight excluding hydrogens is 182 g/mol. The largest absolute Gasteiger partial charge is 0.481 e. The van der Waals surface area contributed by atoms with Crippen LogP contribution in [0.25, 0.3) is 0 Å². The average molecular weight is 201 g/mol. The van der Waals surface area contributed by atoms with Crippen molar-refractivity contribution in [2.45, 2.75) is 31.8 Å². The quantitative estimate of drug-likeness (QED) is 0.736. The van der Waals surface area contributed by atoms with Gasteiger partial charge in [0.05, 0.1) is 12.0 Å². The van der Waals surface area contributed by atoms with E-state index in [1.165, 1.54) is 0 Å². The Kier molecular flexibility index (Phi) is 3.89. The number of methoxy groups -OCH3 is 1. The number of piperidine rings is 1. The highest BCUT2D eigenvalue weighted by molar-refractivity contribution is 5.68. The van der Waals surface area contributed by atoms with E-state index in [1.807, 2.05) is 0 Å². The minimum Gasteiger partial charge on any atom is -0.481 e. The molecule has 1 N–H and O–H groups in total. The van der Waals surface area contributed by atoms with Gasteiger partial charge in [-0.15, -0.1) is 0 Å². The number of hydrogen-bond donors (Lipinski definition) is 1. The first kappa shape index (κ1) is 11.5. The second kappa shape index (κ2) is 4.75. The SMILES string of the molecule is CCN1CCC(CC(=O)O)(OC)CC1. The minimum atomic E-state index is -0.767. The molecule has 1 aliphatic rings. The van der Waals surface area contributed by atoms with Crippen molar-refractivity contribution in [3.63, 3.8) is 0 Å². The van der Waals surface area contributed by atoms with Gasteiger partial charge in [0.25, 0.3) is 0 Å². The van der Waals surface area contributed by atoms with Crippen LogP contribution in [0.1, 0.15) is 26.2 Å². The zero-order valence-electron chi connectivity index (χ0n) is 8.95. The van der Waals surface area contributed by atoms with E-state index in [4.69, 9.17) is 9.84 Å². The Morgan fingerprint density at radius 3 is 2.43 bits per heavy atom. The maximum Gasteiger partial charge on any atom is 0.306 e. The average Bonchev–Trinajstić information content (AvgIpc) is 2.18. The standard InChI is InChI=1S/C10H19NO3/c1-3-11-6-4-10(14-2,5-7-11)8-9(12)13/h3-8H2,1-2H3,(H,12,13). The smallest absolute Gasteiger partial charge is 0.306 e. The normalized spacial score (nSPS) is 22.1. The van der Waals surface area contributed by atoms with Gasteiger partial charge in [-0.05, 0) is 19.4 Å². The molecule has 82 valence electrons. The van der Waals surface area contributed by atoms with E-state index in [0.29, 0.717) is 0 Å². The Balaban J connectivity index is 2.52. The minimum absolute atomic E-state index is 0.126. The fraction of sp³-hybridized carbons (Fsp3) is 0.900. The van der Waals surface area contributed by atoms with Gasteiger partial charge in [-0.3, -0.25) is 4.79 Å². The lowest BCUT2D eigenvalue weighted by Crippen LogP contribution is -2.46. The summed E-state index contributed by atoms with van der Waals surface area (Å²) in [7, 11) is 1.62. The Hall–Kier alpha value is -0.610. The van der Waals surface area contributed by atoms with Gasteiger partial charge >= 0.3 is 5.97 Å². The lowest BCUT2D eigenvalue weighted by Gasteiger charge is -2.39. The molecule has 4 heteroatoms. The topological polar surface area (TPSA) is 49.8 Å². The molecule has 4 nitrogen and oxygen atoms in total. The third kappa shape index (κ3) is 2.69. The van der Waals surface area contributed by atoms with Crippen LogP contribution in [-0.4, -0.2) is 48.3 Å². The summed E-state index contributed by atoms with van der Waals surface area (Å²) in [5, 5.41) is 8.79. The highest BCUT2D eigenvalue weighted by atomic mass is 16.5. The van der Waals surface area contributed by atoms with Crippen molar-refractivity contribution in [1.29, 1.82) is 0 Å². The number of nitrogens with zero attached hydrogens (tertiary/aromatic N) is 1. The van der Waals surface area contributed by atoms with Crippen molar-refractivity contribution in [1.82, 2.24) is 4.90 Å². The molecule has 1 aliphatic heterocycles. The van der Waals surface area contributed by atoms with E-state index in [0.717, 1.165) is 32.5 Å². The molecule has 1 fully saturated rings. The highest BCUT2D eigenvalue weighted by Crippen LogP contribution is 2.28. The molecule has 0 unspecified atom stereocenters. The molecular formula is C10H19NO3. The van der Waals surface area contributed by atoms with Gasteiger partial charge in [0, 0.05) is 20.2 Å². The molecule has 1 saturated heterocycles. The summed E-state index contributed by atoms with van der Waals surface area (Å²) in [6.07, 6.45) is 1.77. The maximum atomic E-state index is 10.7. The van der Waals surface area contributed by atoms with E-state index in [1.54, 1.807) is 7.11 Å². The lowest BCUT2D eigenvalue weighted by atomic mass is 9.88. The van der Waals surface area contributed by atoms with Crippen LogP contribution >= 0.6 is 0 Å². The summed E-state index contributed by atoms with van der Waals surface area (Å²) in [6, 6.07) is 0. The van der Waals surface area contributed by atoms with Crippen LogP contribution in [-0.2, 0) is 9.53 Å². The summed E-state index contributed by atoms with van der Waals surface area (Å²) >= 11 is 0. The molecule has 0 bridgehead atoms. The predicted octanol–water partition coefficient (Wildman–Crippen LogP) is 0.962. The molecule has 0 aromatic rings. The Bertz CT molecular complexity index is 198. The Morgan fingerprint density at radius 2 is 2.07 bits per heavy atom. The highest BCUT2D eigenvalue weighted by Gasteiger charge is 2.36. The van der Waals surface area contributed by atoms with E-state index in [-0.39, 0.29) is 6.42 Å². The molecule has 1 rings (SSSR count). The van der Waals surface area contributed by atoms with E-state index in [2.05, 4.69) is 11.8 Å². The van der Waals surface area contributed by atoms with Crippen LogP contribution in [0.5, 0.6) is 0 Å². The molecule has 0 spiro atoms. The summed E-state index contributed by atoms with van der Waals surface area (Å²) < 4.78 is 5.37. The third-order valence-corrected chi connectivity index (χ3v) is 3.12. The van der Waals surface area contributed by atoms with Gasteiger partial charge in [0.2, 0.25) is 0 Å². The maximum absolute atomic E-state index is 10.7. The van der Waals surface area contributed by atoms with Crippen molar-refractivity contribution in [3.05, 3.63) is 0 Å². The fourth-order valence-corrected chi connectivity index (χ4v) is 2.01. The number of likely N-dealkylation sites (tertiary alicyclic amines) is 1. The van der Waals surface area contributed by atoms with Crippen LogP contribution < -0.4 is 0 Å². The summed E-state index contributed by atoms with van der Waals surface area (Å²) in [6.45, 7) is 5.04. The molecule has 0 aliphatic carbocycles. The first-order chi connectivity index (χ1) is 6.62. The predicted molar refractivity (Wildman–Crippen MR) is 53.3 cm³/mol. The van der Waals surface area contributed by atoms with Crippen LogP contribution in [0.4, 0.5) is 0 Å². The lowest BCUT2D eigenvalue weighted by molar-refractivity contribution is -0.147. The van der Waals surface area contributed by atoms with Gasteiger partial charge in [0.1, 0.15) is 0 Å². The first-order valence-electron chi connectivity index (χ1n) is 5.11. The van der Waals surface area contributed by atoms with Gasteiger partial charge in [-0.25, -0.2) is 0 Å².